The van der Waals surface area contributed by atoms with Crippen LogP contribution in [0.15, 0.2) is 42.6 Å². The third-order valence-electron chi connectivity index (χ3n) is 2.81. The normalized spacial score (nSPS) is 10.2. The molecular weight excluding hydrogens is 271 g/mol. The summed E-state index contributed by atoms with van der Waals surface area (Å²) >= 11 is 0. The summed E-state index contributed by atoms with van der Waals surface area (Å²) in [6.45, 7) is 0.879. The number of rotatable bonds is 6. The summed E-state index contributed by atoms with van der Waals surface area (Å²) in [4.78, 5) is 15.5. The van der Waals surface area contributed by atoms with Gasteiger partial charge >= 0.3 is 0 Å². The number of nitrogens with zero attached hydrogens (tertiary/aromatic N) is 1. The second kappa shape index (κ2) is 7.35. The van der Waals surface area contributed by atoms with E-state index in [1.54, 1.807) is 24.4 Å². The van der Waals surface area contributed by atoms with Crippen molar-refractivity contribution in [3.63, 3.8) is 0 Å². The zero-order chi connectivity index (χ0) is 15.1. The van der Waals surface area contributed by atoms with Crippen molar-refractivity contribution in [3.8, 4) is 0 Å². The molecule has 0 bridgehead atoms. The molecule has 0 aliphatic rings. The lowest BCUT2D eigenvalue weighted by Gasteiger charge is -2.08. The van der Waals surface area contributed by atoms with E-state index < -0.39 is 0 Å². The molecule has 0 unspecified atom stereocenters. The van der Waals surface area contributed by atoms with Crippen molar-refractivity contribution in [2.24, 2.45) is 5.73 Å². The molecule has 0 saturated carbocycles. The fourth-order valence-electron chi connectivity index (χ4n) is 1.72. The summed E-state index contributed by atoms with van der Waals surface area (Å²) in [6, 6.07) is 9.81. The van der Waals surface area contributed by atoms with Gasteiger partial charge in [-0.1, -0.05) is 12.1 Å². The van der Waals surface area contributed by atoms with Crippen molar-refractivity contribution >= 4 is 17.4 Å². The first kappa shape index (κ1) is 14.9. The lowest BCUT2D eigenvalue weighted by Crippen LogP contribution is -2.16. The number of halogens is 1. The molecule has 0 aliphatic carbocycles. The van der Waals surface area contributed by atoms with Gasteiger partial charge in [0.25, 0.3) is 0 Å². The van der Waals surface area contributed by atoms with E-state index in [2.05, 4.69) is 15.6 Å². The summed E-state index contributed by atoms with van der Waals surface area (Å²) in [7, 11) is 0. The van der Waals surface area contributed by atoms with Crippen LogP contribution in [0.1, 0.15) is 12.0 Å². The molecule has 110 valence electrons. The average Bonchev–Trinajstić information content (AvgIpc) is 2.48. The summed E-state index contributed by atoms with van der Waals surface area (Å²) in [6.07, 6.45) is 1.90. The van der Waals surface area contributed by atoms with Crippen molar-refractivity contribution in [2.75, 3.05) is 17.2 Å². The smallest absolute Gasteiger partial charge is 0.226 e. The van der Waals surface area contributed by atoms with Gasteiger partial charge in [0.05, 0.1) is 11.9 Å². The standard InChI is InChI=1S/C15H17FN4O/c16-12-3-1-11(2-4-12)9-18-13-5-6-14(19-10-13)20-15(21)7-8-17/h1-6,10,18H,7-9,17H2,(H,19,20,21). The summed E-state index contributed by atoms with van der Waals surface area (Å²) < 4.78 is 12.8. The van der Waals surface area contributed by atoms with Crippen molar-refractivity contribution in [1.29, 1.82) is 0 Å². The highest BCUT2D eigenvalue weighted by Gasteiger charge is 2.02. The first-order chi connectivity index (χ1) is 10.2. The molecule has 1 amide bonds. The van der Waals surface area contributed by atoms with Crippen LogP contribution < -0.4 is 16.4 Å². The molecule has 4 N–H and O–H groups in total. The van der Waals surface area contributed by atoms with Crippen molar-refractivity contribution in [3.05, 3.63) is 54.0 Å². The first-order valence-corrected chi connectivity index (χ1v) is 6.61. The molecule has 1 aromatic carbocycles. The molecule has 1 heterocycles. The number of nitrogens with one attached hydrogen (secondary N) is 2. The van der Waals surface area contributed by atoms with Crippen LogP contribution in [0.5, 0.6) is 0 Å². The Morgan fingerprint density at radius 1 is 1.19 bits per heavy atom. The zero-order valence-electron chi connectivity index (χ0n) is 11.5. The van der Waals surface area contributed by atoms with Crippen LogP contribution in [0.25, 0.3) is 0 Å². The fourth-order valence-corrected chi connectivity index (χ4v) is 1.72. The molecule has 21 heavy (non-hydrogen) atoms. The van der Waals surface area contributed by atoms with E-state index in [4.69, 9.17) is 5.73 Å². The Balaban J connectivity index is 1.87. The predicted molar refractivity (Wildman–Crippen MR) is 80.3 cm³/mol. The lowest BCUT2D eigenvalue weighted by atomic mass is 10.2. The topological polar surface area (TPSA) is 80.0 Å². The zero-order valence-corrected chi connectivity index (χ0v) is 11.5. The third kappa shape index (κ3) is 4.85. The van der Waals surface area contributed by atoms with Crippen LogP contribution in [0.4, 0.5) is 15.9 Å². The van der Waals surface area contributed by atoms with Gasteiger partial charge in [-0.3, -0.25) is 4.79 Å². The van der Waals surface area contributed by atoms with Gasteiger partial charge in [-0.2, -0.15) is 0 Å². The van der Waals surface area contributed by atoms with E-state index in [0.29, 0.717) is 18.9 Å². The second-order valence-electron chi connectivity index (χ2n) is 4.50. The molecule has 2 rings (SSSR count). The molecule has 0 fully saturated rings. The summed E-state index contributed by atoms with van der Waals surface area (Å²) in [5, 5.41) is 5.82. The predicted octanol–water partition coefficient (Wildman–Crippen LogP) is 2.12. The highest BCUT2D eigenvalue weighted by molar-refractivity contribution is 5.89. The summed E-state index contributed by atoms with van der Waals surface area (Å²) in [5.41, 5.74) is 7.08. The number of hydrogen-bond donors (Lipinski definition) is 3. The molecule has 2 aromatic rings. The van der Waals surface area contributed by atoms with Gasteiger partial charge in [-0.25, -0.2) is 9.37 Å². The van der Waals surface area contributed by atoms with Crippen LogP contribution in [-0.4, -0.2) is 17.4 Å². The Morgan fingerprint density at radius 3 is 2.57 bits per heavy atom. The number of pyridine rings is 1. The second-order valence-corrected chi connectivity index (χ2v) is 4.50. The van der Waals surface area contributed by atoms with Gasteiger partial charge in [0.15, 0.2) is 0 Å². The van der Waals surface area contributed by atoms with Crippen molar-refractivity contribution in [1.82, 2.24) is 4.98 Å². The molecule has 5 nitrogen and oxygen atoms in total. The van der Waals surface area contributed by atoms with Crippen molar-refractivity contribution in [2.45, 2.75) is 13.0 Å². The van der Waals surface area contributed by atoms with Crippen molar-refractivity contribution < 1.29 is 9.18 Å². The molecule has 0 saturated heterocycles. The Morgan fingerprint density at radius 2 is 1.95 bits per heavy atom. The van der Waals surface area contributed by atoms with Crippen LogP contribution >= 0.6 is 0 Å². The SMILES string of the molecule is NCCC(=O)Nc1ccc(NCc2ccc(F)cc2)cn1. The maximum atomic E-state index is 12.8. The molecule has 0 atom stereocenters. The Bertz CT molecular complexity index is 584. The minimum atomic E-state index is -0.252. The molecule has 0 aliphatic heterocycles. The highest BCUT2D eigenvalue weighted by atomic mass is 19.1. The van der Waals surface area contributed by atoms with E-state index in [-0.39, 0.29) is 18.1 Å². The van der Waals surface area contributed by atoms with Crippen LogP contribution in [0.2, 0.25) is 0 Å². The van der Waals surface area contributed by atoms with E-state index in [1.807, 2.05) is 6.07 Å². The molecule has 0 spiro atoms. The monoisotopic (exact) mass is 288 g/mol. The summed E-state index contributed by atoms with van der Waals surface area (Å²) in [5.74, 6) is 0.0794. The number of amides is 1. The average molecular weight is 288 g/mol. The fraction of sp³-hybridized carbons (Fsp3) is 0.200. The maximum Gasteiger partial charge on any atom is 0.226 e. The quantitative estimate of drug-likeness (QED) is 0.760. The van der Waals surface area contributed by atoms with E-state index in [0.717, 1.165) is 11.3 Å². The van der Waals surface area contributed by atoms with Gasteiger partial charge in [0.1, 0.15) is 11.6 Å². The maximum absolute atomic E-state index is 12.8. The molecular formula is C15H17FN4O. The lowest BCUT2D eigenvalue weighted by molar-refractivity contribution is -0.116. The number of carbonyl (C=O) groups is 1. The van der Waals surface area contributed by atoms with Gasteiger partial charge < -0.3 is 16.4 Å². The van der Waals surface area contributed by atoms with Crippen LogP contribution in [0, 0.1) is 5.82 Å². The number of aromatic nitrogens is 1. The molecule has 6 heteroatoms. The number of nitrogens with two attached hydrogens (primary N) is 1. The van der Waals surface area contributed by atoms with Gasteiger partial charge in [-0.15, -0.1) is 0 Å². The van der Waals surface area contributed by atoms with Crippen LogP contribution in [0.3, 0.4) is 0 Å². The van der Waals surface area contributed by atoms with E-state index >= 15 is 0 Å². The Hall–Kier alpha value is -2.47. The largest absolute Gasteiger partial charge is 0.380 e. The van der Waals surface area contributed by atoms with Gasteiger partial charge in [0, 0.05) is 19.5 Å². The minimum absolute atomic E-state index is 0.156. The van der Waals surface area contributed by atoms with Crippen LogP contribution in [-0.2, 0) is 11.3 Å². The van der Waals surface area contributed by atoms with E-state index in [1.165, 1.54) is 12.1 Å². The van der Waals surface area contributed by atoms with Gasteiger partial charge in [-0.05, 0) is 29.8 Å². The Kier molecular flexibility index (Phi) is 5.22. The number of benzene rings is 1. The number of carbonyl (C=O) groups excluding carboxylic acids is 1. The first-order valence-electron chi connectivity index (χ1n) is 6.61. The number of anilines is 2. The third-order valence-corrected chi connectivity index (χ3v) is 2.81. The molecule has 1 aromatic heterocycles. The number of hydrogen-bond acceptors (Lipinski definition) is 4. The minimum Gasteiger partial charge on any atom is -0.380 e. The van der Waals surface area contributed by atoms with E-state index in [9.17, 15) is 9.18 Å². The van der Waals surface area contributed by atoms with Gasteiger partial charge in [0.2, 0.25) is 5.91 Å². The Labute approximate surface area is 122 Å². The highest BCUT2D eigenvalue weighted by Crippen LogP contribution is 2.12. The molecule has 0 radical (unpaired) electrons.